The van der Waals surface area contributed by atoms with Gasteiger partial charge in [0.1, 0.15) is 6.04 Å². The highest BCUT2D eigenvalue weighted by atomic mass is 32.1. The van der Waals surface area contributed by atoms with Crippen LogP contribution in [0, 0.1) is 20.8 Å². The summed E-state index contributed by atoms with van der Waals surface area (Å²) in [6.07, 6.45) is 0. The Balaban J connectivity index is 2.32. The van der Waals surface area contributed by atoms with Crippen molar-refractivity contribution < 1.29 is 4.79 Å². The molecule has 1 aromatic carbocycles. The van der Waals surface area contributed by atoms with Gasteiger partial charge in [-0.25, -0.2) is 0 Å². The Morgan fingerprint density at radius 3 is 2.53 bits per heavy atom. The van der Waals surface area contributed by atoms with Crippen LogP contribution in [-0.2, 0) is 4.79 Å². The maximum atomic E-state index is 11.7. The van der Waals surface area contributed by atoms with E-state index in [9.17, 15) is 4.79 Å². The van der Waals surface area contributed by atoms with Crippen molar-refractivity contribution in [3.63, 3.8) is 0 Å². The van der Waals surface area contributed by atoms with Gasteiger partial charge in [0.25, 0.3) is 0 Å². The molecule has 0 saturated carbocycles. The second kappa shape index (κ2) is 5.45. The monoisotopic (exact) mass is 274 g/mol. The molecule has 100 valence electrons. The largest absolute Gasteiger partial charge is 0.370 e. The summed E-state index contributed by atoms with van der Waals surface area (Å²) in [5.74, 6) is -0.359. The zero-order valence-corrected chi connectivity index (χ0v) is 12.2. The molecular weight excluding hydrogens is 256 g/mol. The Kier molecular flexibility index (Phi) is 3.90. The number of anilines is 1. The minimum atomic E-state index is -0.480. The first kappa shape index (κ1) is 13.6. The summed E-state index contributed by atoms with van der Waals surface area (Å²) in [5, 5.41) is 3.22. The SMILES string of the molecule is Cc1cccc(NC(C(N)=O)c2cc(C)sc2C)c1. The number of aryl methyl sites for hydroxylation is 3. The van der Waals surface area contributed by atoms with Crippen molar-refractivity contribution in [1.29, 1.82) is 0 Å². The van der Waals surface area contributed by atoms with Crippen LogP contribution in [0.1, 0.15) is 26.9 Å². The van der Waals surface area contributed by atoms with E-state index in [0.29, 0.717) is 0 Å². The van der Waals surface area contributed by atoms with Crippen molar-refractivity contribution in [2.45, 2.75) is 26.8 Å². The summed E-state index contributed by atoms with van der Waals surface area (Å²) in [6, 6.07) is 9.47. The fourth-order valence-electron chi connectivity index (χ4n) is 2.14. The molecule has 19 heavy (non-hydrogen) atoms. The summed E-state index contributed by atoms with van der Waals surface area (Å²) in [6.45, 7) is 6.07. The van der Waals surface area contributed by atoms with Gasteiger partial charge in [-0.15, -0.1) is 11.3 Å². The topological polar surface area (TPSA) is 55.1 Å². The van der Waals surface area contributed by atoms with Gasteiger partial charge >= 0.3 is 0 Å². The Morgan fingerprint density at radius 2 is 2.00 bits per heavy atom. The van der Waals surface area contributed by atoms with Crippen LogP contribution in [0.5, 0.6) is 0 Å². The van der Waals surface area contributed by atoms with Crippen LogP contribution in [0.4, 0.5) is 5.69 Å². The molecule has 0 aliphatic heterocycles. The van der Waals surface area contributed by atoms with Gasteiger partial charge in [0.2, 0.25) is 5.91 Å². The molecule has 1 unspecified atom stereocenters. The summed E-state index contributed by atoms with van der Waals surface area (Å²) in [4.78, 5) is 14.0. The predicted octanol–water partition coefficient (Wildman–Crippen LogP) is 3.31. The maximum absolute atomic E-state index is 11.7. The predicted molar refractivity (Wildman–Crippen MR) is 80.5 cm³/mol. The molecule has 3 N–H and O–H groups in total. The smallest absolute Gasteiger partial charge is 0.244 e. The number of primary amides is 1. The Hall–Kier alpha value is -1.81. The van der Waals surface area contributed by atoms with Crippen LogP contribution in [0.3, 0.4) is 0 Å². The quantitative estimate of drug-likeness (QED) is 0.898. The Labute approximate surface area is 117 Å². The van der Waals surface area contributed by atoms with Crippen molar-refractivity contribution >= 4 is 22.9 Å². The number of hydrogen-bond acceptors (Lipinski definition) is 3. The molecule has 0 fully saturated rings. The molecule has 1 heterocycles. The van der Waals surface area contributed by atoms with Crippen molar-refractivity contribution in [3.05, 3.63) is 51.2 Å². The van der Waals surface area contributed by atoms with E-state index in [4.69, 9.17) is 5.73 Å². The van der Waals surface area contributed by atoms with Gasteiger partial charge in [0.05, 0.1) is 0 Å². The van der Waals surface area contributed by atoms with E-state index < -0.39 is 6.04 Å². The average molecular weight is 274 g/mol. The van der Waals surface area contributed by atoms with E-state index in [-0.39, 0.29) is 5.91 Å². The number of hydrogen-bond donors (Lipinski definition) is 2. The number of carbonyl (C=O) groups excluding carboxylic acids is 1. The minimum absolute atomic E-state index is 0.359. The molecule has 1 atom stereocenters. The van der Waals surface area contributed by atoms with Gasteiger partial charge in [-0.2, -0.15) is 0 Å². The van der Waals surface area contributed by atoms with Crippen molar-refractivity contribution in [1.82, 2.24) is 0 Å². The molecule has 2 rings (SSSR count). The second-order valence-electron chi connectivity index (χ2n) is 4.72. The summed E-state index contributed by atoms with van der Waals surface area (Å²) in [7, 11) is 0. The van der Waals surface area contributed by atoms with Gasteiger partial charge in [-0.3, -0.25) is 4.79 Å². The summed E-state index contributed by atoms with van der Waals surface area (Å²) < 4.78 is 0. The van der Waals surface area contributed by atoms with Crippen LogP contribution < -0.4 is 11.1 Å². The standard InChI is InChI=1S/C15H18N2OS/c1-9-5-4-6-12(7-9)17-14(15(16)18)13-8-10(2)19-11(13)3/h4-8,14,17H,1-3H3,(H2,16,18). The number of amides is 1. The van der Waals surface area contributed by atoms with E-state index in [1.54, 1.807) is 11.3 Å². The molecule has 1 amide bonds. The van der Waals surface area contributed by atoms with E-state index in [0.717, 1.165) is 21.7 Å². The van der Waals surface area contributed by atoms with Gasteiger partial charge in [0.15, 0.2) is 0 Å². The number of nitrogens with one attached hydrogen (secondary N) is 1. The zero-order valence-electron chi connectivity index (χ0n) is 11.4. The Morgan fingerprint density at radius 1 is 1.26 bits per heavy atom. The highest BCUT2D eigenvalue weighted by Crippen LogP contribution is 2.29. The molecule has 0 spiro atoms. The first-order valence-corrected chi connectivity index (χ1v) is 6.98. The second-order valence-corrected chi connectivity index (χ2v) is 6.18. The summed E-state index contributed by atoms with van der Waals surface area (Å²) in [5.41, 5.74) is 8.56. The molecule has 2 aromatic rings. The highest BCUT2D eigenvalue weighted by Gasteiger charge is 2.21. The van der Waals surface area contributed by atoms with Crippen LogP contribution in [0.25, 0.3) is 0 Å². The van der Waals surface area contributed by atoms with Gasteiger partial charge in [-0.05, 0) is 50.1 Å². The van der Waals surface area contributed by atoms with E-state index in [2.05, 4.69) is 5.32 Å². The lowest BCUT2D eigenvalue weighted by molar-refractivity contribution is -0.118. The number of benzene rings is 1. The van der Waals surface area contributed by atoms with Crippen molar-refractivity contribution in [2.75, 3.05) is 5.32 Å². The van der Waals surface area contributed by atoms with Crippen LogP contribution in [-0.4, -0.2) is 5.91 Å². The molecule has 4 heteroatoms. The van der Waals surface area contributed by atoms with Gasteiger partial charge < -0.3 is 11.1 Å². The molecule has 0 radical (unpaired) electrons. The molecule has 0 saturated heterocycles. The van der Waals surface area contributed by atoms with Crippen molar-refractivity contribution in [3.8, 4) is 0 Å². The molecular formula is C15H18N2OS. The van der Waals surface area contributed by atoms with Gasteiger partial charge in [-0.1, -0.05) is 12.1 Å². The molecule has 0 aliphatic carbocycles. The van der Waals surface area contributed by atoms with Gasteiger partial charge in [0, 0.05) is 15.4 Å². The molecule has 1 aromatic heterocycles. The lowest BCUT2D eigenvalue weighted by atomic mass is 10.1. The van der Waals surface area contributed by atoms with Crippen LogP contribution in [0.15, 0.2) is 30.3 Å². The third kappa shape index (κ3) is 3.15. The van der Waals surface area contributed by atoms with E-state index >= 15 is 0 Å². The van der Waals surface area contributed by atoms with E-state index in [1.807, 2.05) is 51.1 Å². The number of rotatable bonds is 4. The van der Waals surface area contributed by atoms with Crippen molar-refractivity contribution in [2.24, 2.45) is 5.73 Å². The van der Waals surface area contributed by atoms with E-state index in [1.165, 1.54) is 4.88 Å². The number of carbonyl (C=O) groups is 1. The minimum Gasteiger partial charge on any atom is -0.370 e. The fraction of sp³-hybridized carbons (Fsp3) is 0.267. The highest BCUT2D eigenvalue weighted by molar-refractivity contribution is 7.12. The first-order chi connectivity index (χ1) is 8.97. The zero-order chi connectivity index (χ0) is 14.0. The lowest BCUT2D eigenvalue weighted by Crippen LogP contribution is -2.27. The van der Waals surface area contributed by atoms with Crippen LogP contribution >= 0.6 is 11.3 Å². The third-order valence-electron chi connectivity index (χ3n) is 3.00. The number of nitrogens with two attached hydrogens (primary N) is 1. The first-order valence-electron chi connectivity index (χ1n) is 6.17. The average Bonchev–Trinajstić information content (AvgIpc) is 2.65. The Bertz CT molecular complexity index is 604. The normalized spacial score (nSPS) is 12.2. The van der Waals surface area contributed by atoms with Crippen LogP contribution in [0.2, 0.25) is 0 Å². The summed E-state index contributed by atoms with van der Waals surface area (Å²) >= 11 is 1.68. The molecule has 3 nitrogen and oxygen atoms in total. The maximum Gasteiger partial charge on any atom is 0.244 e. The lowest BCUT2D eigenvalue weighted by Gasteiger charge is -2.17. The number of thiophene rings is 1. The molecule has 0 bridgehead atoms. The molecule has 0 aliphatic rings. The fourth-order valence-corrected chi connectivity index (χ4v) is 3.10. The third-order valence-corrected chi connectivity index (χ3v) is 3.99.